The van der Waals surface area contributed by atoms with Gasteiger partial charge in [-0.3, -0.25) is 9.59 Å². The Labute approximate surface area is 214 Å². The van der Waals surface area contributed by atoms with Gasteiger partial charge in [0.25, 0.3) is 11.5 Å². The number of carbonyl (C=O) groups is 1. The van der Waals surface area contributed by atoms with Gasteiger partial charge in [-0.25, -0.2) is 0 Å². The number of pyridine rings is 1. The zero-order valence-corrected chi connectivity index (χ0v) is 21.4. The number of carbonyl (C=O) groups excluding carboxylic acids is 1. The summed E-state index contributed by atoms with van der Waals surface area (Å²) in [6, 6.07) is 12.3. The van der Waals surface area contributed by atoms with Gasteiger partial charge >= 0.3 is 0 Å². The summed E-state index contributed by atoms with van der Waals surface area (Å²) in [5.74, 6) is 0.0484. The Hall–Kier alpha value is -1.32. The van der Waals surface area contributed by atoms with Gasteiger partial charge in [0.1, 0.15) is 6.17 Å². The van der Waals surface area contributed by atoms with Crippen LogP contribution >= 0.6 is 63.0 Å². The van der Waals surface area contributed by atoms with Crippen molar-refractivity contribution in [3.05, 3.63) is 68.5 Å². The van der Waals surface area contributed by atoms with Crippen LogP contribution in [0.25, 0.3) is 0 Å². The average Bonchev–Trinajstić information content (AvgIpc) is 2.73. The zero-order chi connectivity index (χ0) is 23.0. The Balaban J connectivity index is 1.48. The van der Waals surface area contributed by atoms with Crippen molar-refractivity contribution in [3.63, 3.8) is 0 Å². The number of rotatable bonds is 3. The third-order valence-electron chi connectivity index (χ3n) is 5.76. The van der Waals surface area contributed by atoms with E-state index in [-0.39, 0.29) is 17.4 Å². The molecule has 2 aromatic rings. The van der Waals surface area contributed by atoms with Crippen LogP contribution in [-0.2, 0) is 6.54 Å². The minimum absolute atomic E-state index is 0.0254. The molecular formula is C21H20BrCl3N4O2S. The van der Waals surface area contributed by atoms with E-state index in [0.717, 1.165) is 12.1 Å². The fraction of sp³-hybridized carbons (Fsp3) is 0.381. The smallest absolute Gasteiger partial charge is 0.254 e. The Morgan fingerprint density at radius 2 is 1.84 bits per heavy atom. The van der Waals surface area contributed by atoms with Crippen LogP contribution in [0.5, 0.6) is 0 Å². The van der Waals surface area contributed by atoms with Crippen molar-refractivity contribution in [2.45, 2.75) is 28.8 Å². The number of hydrogen-bond acceptors (Lipinski definition) is 3. The van der Waals surface area contributed by atoms with Crippen LogP contribution < -0.4 is 16.2 Å². The molecule has 3 heterocycles. The van der Waals surface area contributed by atoms with Gasteiger partial charge in [-0.1, -0.05) is 53.0 Å². The Morgan fingerprint density at radius 1 is 1.09 bits per heavy atom. The molecule has 0 aliphatic carbocycles. The van der Waals surface area contributed by atoms with Crippen LogP contribution in [0.1, 0.15) is 28.4 Å². The highest BCUT2D eigenvalue weighted by molar-refractivity contribution is 9.10. The average molecular weight is 579 g/mol. The van der Waals surface area contributed by atoms with Crippen molar-refractivity contribution in [3.8, 4) is 0 Å². The SMILES string of the molecule is O=C(N[C@@H](NC(=S)N1C[C@H]2C[C@H](C1)c1cccc(=O)n1C2)C(Cl)(Cl)Cl)c1ccccc1Br. The fourth-order valence-electron chi connectivity index (χ4n) is 4.33. The first-order valence-corrected chi connectivity index (χ1v) is 12.3. The topological polar surface area (TPSA) is 66.4 Å². The van der Waals surface area contributed by atoms with Gasteiger partial charge in [-0.2, -0.15) is 0 Å². The molecule has 2 bridgehead atoms. The van der Waals surface area contributed by atoms with Gasteiger partial charge in [0.05, 0.1) is 5.56 Å². The minimum atomic E-state index is -1.84. The van der Waals surface area contributed by atoms with E-state index in [4.69, 9.17) is 47.0 Å². The lowest BCUT2D eigenvalue weighted by Crippen LogP contribution is -2.60. The summed E-state index contributed by atoms with van der Waals surface area (Å²) in [6.07, 6.45) is -0.0499. The summed E-state index contributed by atoms with van der Waals surface area (Å²) in [5, 5.41) is 6.12. The fourth-order valence-corrected chi connectivity index (χ4v) is 5.39. The monoisotopic (exact) mass is 576 g/mol. The third-order valence-corrected chi connectivity index (χ3v) is 7.48. The number of benzene rings is 1. The van der Waals surface area contributed by atoms with E-state index in [9.17, 15) is 9.59 Å². The van der Waals surface area contributed by atoms with Crippen LogP contribution in [0.2, 0.25) is 0 Å². The maximum Gasteiger partial charge on any atom is 0.254 e. The first-order valence-electron chi connectivity index (χ1n) is 10.0. The van der Waals surface area contributed by atoms with E-state index >= 15 is 0 Å². The molecule has 0 radical (unpaired) electrons. The molecule has 0 saturated carbocycles. The van der Waals surface area contributed by atoms with Crippen LogP contribution in [0.3, 0.4) is 0 Å². The predicted molar refractivity (Wildman–Crippen MR) is 135 cm³/mol. The number of hydrogen-bond donors (Lipinski definition) is 2. The van der Waals surface area contributed by atoms with Gasteiger partial charge in [0.2, 0.25) is 3.79 Å². The highest BCUT2D eigenvalue weighted by Gasteiger charge is 2.39. The van der Waals surface area contributed by atoms with Crippen molar-refractivity contribution in [2.75, 3.05) is 13.1 Å². The van der Waals surface area contributed by atoms with Crippen molar-refractivity contribution >= 4 is 74.0 Å². The Kier molecular flexibility index (Phi) is 7.08. The highest BCUT2D eigenvalue weighted by Crippen LogP contribution is 2.35. The number of nitrogens with one attached hydrogen (secondary N) is 2. The molecule has 0 spiro atoms. The molecule has 1 aromatic carbocycles. The van der Waals surface area contributed by atoms with Gasteiger partial charge in [0.15, 0.2) is 5.11 Å². The quantitative estimate of drug-likeness (QED) is 0.327. The molecule has 1 amide bonds. The van der Waals surface area contributed by atoms with Gasteiger partial charge in [0, 0.05) is 41.8 Å². The maximum absolute atomic E-state index is 12.8. The summed E-state index contributed by atoms with van der Waals surface area (Å²) < 4.78 is 0.641. The minimum Gasteiger partial charge on any atom is -0.348 e. The first kappa shape index (κ1) is 23.8. The number of aromatic nitrogens is 1. The second kappa shape index (κ2) is 9.50. The number of fused-ring (bicyclic) bond motifs is 4. The Morgan fingerprint density at radius 3 is 2.56 bits per heavy atom. The standard InChI is InChI=1S/C21H20BrCl3N4O2S/c22-15-5-2-1-4-14(15)18(31)26-19(21(23,24)25)27-20(32)28-9-12-8-13(11-28)16-6-3-7-17(30)29(16)10-12/h1-7,12-13,19H,8-11H2,(H,26,31)(H,27,32)/t12-,13-,19+/m1/s1. The molecule has 2 aliphatic rings. The number of thiocarbonyl (C=S) groups is 1. The maximum atomic E-state index is 12.8. The number of nitrogens with zero attached hydrogens (tertiary/aromatic N) is 2. The lowest BCUT2D eigenvalue weighted by Gasteiger charge is -2.44. The molecule has 1 aromatic heterocycles. The molecule has 0 unspecified atom stereocenters. The summed E-state index contributed by atoms with van der Waals surface area (Å²) in [5.41, 5.74) is 1.45. The van der Waals surface area contributed by atoms with E-state index in [1.165, 1.54) is 0 Å². The summed E-state index contributed by atoms with van der Waals surface area (Å²) >= 11 is 27.5. The molecule has 170 valence electrons. The molecular weight excluding hydrogens is 559 g/mol. The summed E-state index contributed by atoms with van der Waals surface area (Å²) in [6.45, 7) is 1.96. The number of amides is 1. The van der Waals surface area contributed by atoms with Crippen LogP contribution in [0.15, 0.2) is 51.7 Å². The molecule has 2 aliphatic heterocycles. The van der Waals surface area contributed by atoms with E-state index in [2.05, 4.69) is 26.6 Å². The summed E-state index contributed by atoms with van der Waals surface area (Å²) in [4.78, 5) is 27.0. The van der Waals surface area contributed by atoms with Crippen molar-refractivity contribution in [2.24, 2.45) is 5.92 Å². The molecule has 2 N–H and O–H groups in total. The van der Waals surface area contributed by atoms with Crippen LogP contribution in [-0.4, -0.2) is 43.5 Å². The van der Waals surface area contributed by atoms with E-state index in [0.29, 0.717) is 34.8 Å². The van der Waals surface area contributed by atoms with Crippen molar-refractivity contribution < 1.29 is 4.79 Å². The second-order valence-corrected chi connectivity index (χ2v) is 11.6. The summed E-state index contributed by atoms with van der Waals surface area (Å²) in [7, 11) is 0. The molecule has 4 rings (SSSR count). The largest absolute Gasteiger partial charge is 0.348 e. The highest BCUT2D eigenvalue weighted by atomic mass is 79.9. The number of piperidine rings is 1. The van der Waals surface area contributed by atoms with Gasteiger partial charge in [-0.15, -0.1) is 0 Å². The number of halogens is 4. The molecule has 3 atom stereocenters. The van der Waals surface area contributed by atoms with Crippen molar-refractivity contribution in [1.82, 2.24) is 20.1 Å². The number of likely N-dealkylation sites (tertiary alicyclic amines) is 1. The van der Waals surface area contributed by atoms with Gasteiger partial charge < -0.3 is 20.1 Å². The van der Waals surface area contributed by atoms with Gasteiger partial charge in [-0.05, 0) is 58.7 Å². The lowest BCUT2D eigenvalue weighted by atomic mass is 9.83. The zero-order valence-electron chi connectivity index (χ0n) is 16.7. The molecule has 11 heteroatoms. The molecule has 32 heavy (non-hydrogen) atoms. The third kappa shape index (κ3) is 5.09. The Bertz CT molecular complexity index is 1110. The first-order chi connectivity index (χ1) is 15.1. The van der Waals surface area contributed by atoms with E-state index in [1.54, 1.807) is 36.4 Å². The molecule has 1 saturated heterocycles. The second-order valence-electron chi connectivity index (χ2n) is 7.98. The van der Waals surface area contributed by atoms with Crippen molar-refractivity contribution in [1.29, 1.82) is 0 Å². The van der Waals surface area contributed by atoms with Crippen LogP contribution in [0.4, 0.5) is 0 Å². The normalized spacial score (nSPS) is 20.8. The lowest BCUT2D eigenvalue weighted by molar-refractivity contribution is 0.0932. The van der Waals surface area contributed by atoms with E-state index < -0.39 is 15.9 Å². The molecule has 1 fully saturated rings. The number of alkyl halides is 3. The predicted octanol–water partition coefficient (Wildman–Crippen LogP) is 4.03. The van der Waals surface area contributed by atoms with Crippen LogP contribution in [0, 0.1) is 5.92 Å². The molecule has 6 nitrogen and oxygen atoms in total. The van der Waals surface area contributed by atoms with E-state index in [1.807, 2.05) is 15.5 Å².